The summed E-state index contributed by atoms with van der Waals surface area (Å²) in [6.07, 6.45) is 0.388. The van der Waals surface area contributed by atoms with Crippen LogP contribution >= 0.6 is 0 Å². The van der Waals surface area contributed by atoms with E-state index in [1.165, 1.54) is 0 Å². The van der Waals surface area contributed by atoms with Crippen LogP contribution in [0.3, 0.4) is 0 Å². The summed E-state index contributed by atoms with van der Waals surface area (Å²) in [5, 5.41) is 21.7. The number of aliphatic hydroxyl groups is 1. The fourth-order valence-electron chi connectivity index (χ4n) is 2.74. The van der Waals surface area contributed by atoms with E-state index in [0.29, 0.717) is 24.8 Å². The van der Waals surface area contributed by atoms with Gasteiger partial charge in [-0.1, -0.05) is 30.3 Å². The van der Waals surface area contributed by atoms with Crippen molar-refractivity contribution in [1.29, 1.82) is 0 Å². The number of rotatable bonds is 5. The maximum Gasteiger partial charge on any atom is 0.326 e. The normalized spacial score (nSPS) is 21.0. The summed E-state index contributed by atoms with van der Waals surface area (Å²) >= 11 is 0. The summed E-state index contributed by atoms with van der Waals surface area (Å²) in [6, 6.07) is 7.13. The third kappa shape index (κ3) is 3.92. The number of carbonyl (C=O) groups excluding carboxylic acids is 2. The Bertz CT molecular complexity index is 557. The SMILES string of the molecule is O=C1CCC[C@H]([C@@H](NC(=O)[C@@H](O)c2ccccc2)C(=O)O)C1. The van der Waals surface area contributed by atoms with E-state index in [1.807, 2.05) is 0 Å². The van der Waals surface area contributed by atoms with Gasteiger partial charge in [0.2, 0.25) is 0 Å². The van der Waals surface area contributed by atoms with Crippen LogP contribution in [0.2, 0.25) is 0 Å². The molecule has 0 heterocycles. The predicted molar refractivity (Wildman–Crippen MR) is 77.9 cm³/mol. The number of hydrogen-bond donors (Lipinski definition) is 3. The van der Waals surface area contributed by atoms with E-state index in [1.54, 1.807) is 30.3 Å². The highest BCUT2D eigenvalue weighted by Crippen LogP contribution is 2.25. The second-order valence-corrected chi connectivity index (χ2v) is 5.53. The number of carbonyl (C=O) groups is 3. The molecule has 22 heavy (non-hydrogen) atoms. The molecule has 2 rings (SSSR count). The summed E-state index contributed by atoms with van der Waals surface area (Å²) in [5.41, 5.74) is 0.392. The molecule has 3 atom stereocenters. The molecule has 0 aliphatic heterocycles. The van der Waals surface area contributed by atoms with Gasteiger partial charge in [-0.3, -0.25) is 9.59 Å². The number of carboxylic acid groups (broad SMARTS) is 1. The van der Waals surface area contributed by atoms with E-state index >= 15 is 0 Å². The highest BCUT2D eigenvalue weighted by Gasteiger charge is 2.34. The van der Waals surface area contributed by atoms with Gasteiger partial charge in [0.05, 0.1) is 0 Å². The van der Waals surface area contributed by atoms with Crippen molar-refractivity contribution in [1.82, 2.24) is 5.32 Å². The average molecular weight is 305 g/mol. The molecule has 118 valence electrons. The smallest absolute Gasteiger partial charge is 0.326 e. The van der Waals surface area contributed by atoms with Crippen LogP contribution in [0.4, 0.5) is 0 Å². The lowest BCUT2D eigenvalue weighted by Gasteiger charge is -2.28. The molecule has 3 N–H and O–H groups in total. The second-order valence-electron chi connectivity index (χ2n) is 5.53. The Morgan fingerprint density at radius 2 is 1.91 bits per heavy atom. The van der Waals surface area contributed by atoms with Crippen molar-refractivity contribution >= 4 is 17.7 Å². The first-order valence-electron chi connectivity index (χ1n) is 7.27. The Morgan fingerprint density at radius 1 is 1.23 bits per heavy atom. The van der Waals surface area contributed by atoms with E-state index in [0.717, 1.165) is 0 Å². The lowest BCUT2D eigenvalue weighted by atomic mass is 9.83. The molecule has 1 aromatic carbocycles. The Balaban J connectivity index is 2.06. The average Bonchev–Trinajstić information content (AvgIpc) is 2.52. The molecule has 0 saturated heterocycles. The molecule has 6 nitrogen and oxygen atoms in total. The van der Waals surface area contributed by atoms with Crippen LogP contribution in [0.15, 0.2) is 30.3 Å². The van der Waals surface area contributed by atoms with Crippen molar-refractivity contribution in [2.75, 3.05) is 0 Å². The quantitative estimate of drug-likeness (QED) is 0.754. The number of carboxylic acids is 1. The molecule has 0 unspecified atom stereocenters. The number of benzene rings is 1. The van der Waals surface area contributed by atoms with Crippen molar-refractivity contribution in [2.24, 2.45) is 5.92 Å². The first kappa shape index (κ1) is 16.2. The Kier molecular flexibility index (Phi) is 5.27. The van der Waals surface area contributed by atoms with Gasteiger partial charge < -0.3 is 15.5 Å². The van der Waals surface area contributed by atoms with Gasteiger partial charge in [-0.15, -0.1) is 0 Å². The highest BCUT2D eigenvalue weighted by atomic mass is 16.4. The molecule has 0 aromatic heterocycles. The molecule has 1 aliphatic rings. The maximum atomic E-state index is 12.1. The van der Waals surface area contributed by atoms with Crippen LogP contribution < -0.4 is 5.32 Å². The van der Waals surface area contributed by atoms with Crippen LogP contribution in [-0.2, 0) is 14.4 Å². The number of aliphatic carboxylic acids is 1. The summed E-state index contributed by atoms with van der Waals surface area (Å²) in [7, 11) is 0. The van der Waals surface area contributed by atoms with Gasteiger partial charge in [0.1, 0.15) is 11.8 Å². The minimum atomic E-state index is -1.43. The zero-order valence-electron chi connectivity index (χ0n) is 12.1. The zero-order chi connectivity index (χ0) is 16.1. The van der Waals surface area contributed by atoms with Crippen LogP contribution in [-0.4, -0.2) is 33.9 Å². The number of nitrogens with one attached hydrogen (secondary N) is 1. The third-order valence-electron chi connectivity index (χ3n) is 3.92. The molecule has 1 aliphatic carbocycles. The van der Waals surface area contributed by atoms with Crippen LogP contribution in [0.25, 0.3) is 0 Å². The van der Waals surface area contributed by atoms with Crippen molar-refractivity contribution in [3.8, 4) is 0 Å². The van der Waals surface area contributed by atoms with Gasteiger partial charge in [0.25, 0.3) is 5.91 Å². The first-order valence-corrected chi connectivity index (χ1v) is 7.27. The van der Waals surface area contributed by atoms with Gasteiger partial charge in [-0.05, 0) is 24.3 Å². The lowest BCUT2D eigenvalue weighted by molar-refractivity contribution is -0.146. The summed E-state index contributed by atoms with van der Waals surface area (Å²) in [6.45, 7) is 0. The van der Waals surface area contributed by atoms with E-state index in [9.17, 15) is 24.6 Å². The molecule has 1 aromatic rings. The fourth-order valence-corrected chi connectivity index (χ4v) is 2.74. The van der Waals surface area contributed by atoms with Crippen LogP contribution in [0.1, 0.15) is 37.4 Å². The van der Waals surface area contributed by atoms with E-state index in [-0.39, 0.29) is 12.2 Å². The van der Waals surface area contributed by atoms with Gasteiger partial charge in [0.15, 0.2) is 6.10 Å². The predicted octanol–water partition coefficient (Wildman–Crippen LogP) is 1.05. The van der Waals surface area contributed by atoms with Crippen LogP contribution in [0.5, 0.6) is 0 Å². The van der Waals surface area contributed by atoms with Gasteiger partial charge in [-0.2, -0.15) is 0 Å². The zero-order valence-corrected chi connectivity index (χ0v) is 12.1. The first-order chi connectivity index (χ1) is 10.5. The number of ketones is 1. The second kappa shape index (κ2) is 7.17. The molecule has 0 radical (unpaired) electrons. The van der Waals surface area contributed by atoms with E-state index in [4.69, 9.17) is 0 Å². The summed E-state index contributed by atoms with van der Waals surface area (Å²) in [5.74, 6) is -2.36. The number of hydrogen-bond acceptors (Lipinski definition) is 4. The summed E-state index contributed by atoms with van der Waals surface area (Å²) in [4.78, 5) is 35.0. The summed E-state index contributed by atoms with van der Waals surface area (Å²) < 4.78 is 0. The van der Waals surface area contributed by atoms with Crippen molar-refractivity contribution < 1.29 is 24.6 Å². The van der Waals surface area contributed by atoms with Crippen molar-refractivity contribution in [3.05, 3.63) is 35.9 Å². The molecule has 1 fully saturated rings. The van der Waals surface area contributed by atoms with Gasteiger partial charge >= 0.3 is 5.97 Å². The Hall–Kier alpha value is -2.21. The van der Waals surface area contributed by atoms with E-state index in [2.05, 4.69) is 5.32 Å². The van der Waals surface area contributed by atoms with Crippen molar-refractivity contribution in [2.45, 2.75) is 37.8 Å². The standard InChI is InChI=1S/C16H19NO5/c18-12-8-4-7-11(9-12)13(16(21)22)17-15(20)14(19)10-5-2-1-3-6-10/h1-3,5-6,11,13-14,19H,4,7-9H2,(H,17,20)(H,21,22)/t11-,13+,14-/m0/s1. The van der Waals surface area contributed by atoms with Gasteiger partial charge in [-0.25, -0.2) is 4.79 Å². The molecule has 1 amide bonds. The molecule has 1 saturated carbocycles. The molecular formula is C16H19NO5. The number of Topliss-reactive ketones (excluding diaryl/α,β-unsaturated/α-hetero) is 1. The lowest BCUT2D eigenvalue weighted by Crippen LogP contribution is -2.48. The minimum Gasteiger partial charge on any atom is -0.480 e. The molecule has 6 heteroatoms. The molecule has 0 spiro atoms. The largest absolute Gasteiger partial charge is 0.480 e. The topological polar surface area (TPSA) is 104 Å². The Labute approximate surface area is 128 Å². The number of aliphatic hydroxyl groups excluding tert-OH is 1. The van der Waals surface area contributed by atoms with Crippen molar-refractivity contribution in [3.63, 3.8) is 0 Å². The van der Waals surface area contributed by atoms with Crippen LogP contribution in [0, 0.1) is 5.92 Å². The van der Waals surface area contributed by atoms with E-state index < -0.39 is 29.9 Å². The molecule has 0 bridgehead atoms. The number of amides is 1. The Morgan fingerprint density at radius 3 is 2.50 bits per heavy atom. The minimum absolute atomic E-state index is 0.0142. The maximum absolute atomic E-state index is 12.1. The highest BCUT2D eigenvalue weighted by molar-refractivity contribution is 5.88. The fraction of sp³-hybridized carbons (Fsp3) is 0.438. The monoisotopic (exact) mass is 305 g/mol. The van der Waals surface area contributed by atoms with Gasteiger partial charge in [0, 0.05) is 12.8 Å². The molecular weight excluding hydrogens is 286 g/mol. The third-order valence-corrected chi connectivity index (χ3v) is 3.92.